The molecule has 0 aliphatic rings. The lowest BCUT2D eigenvalue weighted by Gasteiger charge is -2.28. The first-order valence-corrected chi connectivity index (χ1v) is 13.2. The van der Waals surface area contributed by atoms with Crippen LogP contribution in [0, 0.1) is 6.92 Å². The van der Waals surface area contributed by atoms with Crippen molar-refractivity contribution in [1.82, 2.24) is 19.7 Å². The van der Waals surface area contributed by atoms with E-state index in [9.17, 15) is 0 Å². The van der Waals surface area contributed by atoms with Crippen LogP contribution in [0.15, 0.2) is 78.0 Å². The number of aromatic nitrogens is 4. The molecule has 0 saturated heterocycles. The lowest BCUT2D eigenvalue weighted by Crippen LogP contribution is -2.26. The molecule has 0 radical (unpaired) electrons. The zero-order valence-corrected chi connectivity index (χ0v) is 22.3. The third kappa shape index (κ3) is 4.31. The van der Waals surface area contributed by atoms with E-state index in [1.165, 1.54) is 11.8 Å². The van der Waals surface area contributed by atoms with Crippen LogP contribution < -0.4 is 0 Å². The molecule has 0 amide bonds. The second-order valence-electron chi connectivity index (χ2n) is 8.29. The third-order valence-electron chi connectivity index (χ3n) is 6.04. The molecular weight excluding hydrogens is 519 g/mol. The van der Waals surface area contributed by atoms with Crippen LogP contribution in [0.2, 0.25) is 10.0 Å². The highest BCUT2D eigenvalue weighted by atomic mass is 35.5. The molecule has 3 aromatic carbocycles. The van der Waals surface area contributed by atoms with E-state index in [1.807, 2.05) is 85.5 Å². The fourth-order valence-electron chi connectivity index (χ4n) is 4.36. The SMILES string of the molecule is CSc1nnc(C(Cl)(c2ccc(Cl)cc2)c2ccc3nc(C)cc(-c4cccc(Cl)c4)c3c2)n1C. The monoisotopic (exact) mass is 538 g/mol. The summed E-state index contributed by atoms with van der Waals surface area (Å²) in [6.45, 7) is 1.99. The van der Waals surface area contributed by atoms with Gasteiger partial charge in [-0.1, -0.05) is 76.9 Å². The van der Waals surface area contributed by atoms with Crippen LogP contribution in [0.3, 0.4) is 0 Å². The summed E-state index contributed by atoms with van der Waals surface area (Å²) < 4.78 is 1.93. The topological polar surface area (TPSA) is 43.6 Å². The second kappa shape index (κ2) is 9.47. The first-order valence-electron chi connectivity index (χ1n) is 10.9. The zero-order chi connectivity index (χ0) is 24.7. The number of pyridine rings is 1. The van der Waals surface area contributed by atoms with Gasteiger partial charge >= 0.3 is 0 Å². The van der Waals surface area contributed by atoms with Gasteiger partial charge < -0.3 is 4.57 Å². The summed E-state index contributed by atoms with van der Waals surface area (Å²) in [6.07, 6.45) is 1.97. The minimum Gasteiger partial charge on any atom is -0.307 e. The molecule has 2 aromatic heterocycles. The molecule has 8 heteroatoms. The van der Waals surface area contributed by atoms with Gasteiger partial charge in [0.25, 0.3) is 0 Å². The van der Waals surface area contributed by atoms with Crippen LogP contribution in [0.1, 0.15) is 22.6 Å². The number of benzene rings is 3. The molecule has 4 nitrogen and oxygen atoms in total. The molecule has 35 heavy (non-hydrogen) atoms. The number of hydrogen-bond acceptors (Lipinski definition) is 4. The van der Waals surface area contributed by atoms with E-state index in [1.54, 1.807) is 0 Å². The van der Waals surface area contributed by atoms with Gasteiger partial charge in [-0.2, -0.15) is 0 Å². The Morgan fingerprint density at radius 2 is 1.60 bits per heavy atom. The molecular formula is C27H21Cl3N4S. The summed E-state index contributed by atoms with van der Waals surface area (Å²) >= 11 is 21.6. The molecule has 0 aliphatic heterocycles. The van der Waals surface area contributed by atoms with Crippen molar-refractivity contribution in [1.29, 1.82) is 0 Å². The fraction of sp³-hybridized carbons (Fsp3) is 0.148. The molecule has 0 aliphatic carbocycles. The summed E-state index contributed by atoms with van der Waals surface area (Å²) in [5.41, 5.74) is 5.55. The van der Waals surface area contributed by atoms with E-state index >= 15 is 0 Å². The molecule has 0 N–H and O–H groups in total. The summed E-state index contributed by atoms with van der Waals surface area (Å²) in [4.78, 5) is 3.66. The van der Waals surface area contributed by atoms with Crippen molar-refractivity contribution >= 4 is 57.5 Å². The molecule has 176 valence electrons. The van der Waals surface area contributed by atoms with Gasteiger partial charge in [-0.15, -0.1) is 10.2 Å². The number of hydrogen-bond donors (Lipinski definition) is 0. The highest BCUT2D eigenvalue weighted by molar-refractivity contribution is 7.98. The maximum atomic E-state index is 7.58. The zero-order valence-electron chi connectivity index (χ0n) is 19.3. The van der Waals surface area contributed by atoms with E-state index in [0.717, 1.165) is 44.0 Å². The quantitative estimate of drug-likeness (QED) is 0.168. The van der Waals surface area contributed by atoms with Crippen LogP contribution in [0.25, 0.3) is 22.0 Å². The van der Waals surface area contributed by atoms with Gasteiger partial charge in [-0.3, -0.25) is 4.98 Å². The predicted octanol–water partition coefficient (Wildman–Crippen LogP) is 7.90. The Morgan fingerprint density at radius 3 is 2.29 bits per heavy atom. The van der Waals surface area contributed by atoms with Crippen molar-refractivity contribution < 1.29 is 0 Å². The number of thioether (sulfide) groups is 1. The number of alkyl halides is 1. The average molecular weight is 540 g/mol. The van der Waals surface area contributed by atoms with Crippen molar-refractivity contribution in [3.63, 3.8) is 0 Å². The molecule has 0 bridgehead atoms. The highest BCUT2D eigenvalue weighted by Gasteiger charge is 2.39. The van der Waals surface area contributed by atoms with Crippen molar-refractivity contribution in [2.45, 2.75) is 17.0 Å². The Morgan fingerprint density at radius 1 is 0.857 bits per heavy atom. The number of nitrogens with zero attached hydrogens (tertiary/aromatic N) is 4. The molecule has 0 spiro atoms. The van der Waals surface area contributed by atoms with E-state index in [2.05, 4.69) is 22.3 Å². The molecule has 5 aromatic rings. The second-order valence-corrected chi connectivity index (χ2v) is 10.5. The predicted molar refractivity (Wildman–Crippen MR) is 147 cm³/mol. The van der Waals surface area contributed by atoms with E-state index in [-0.39, 0.29) is 0 Å². The first-order chi connectivity index (χ1) is 16.8. The summed E-state index contributed by atoms with van der Waals surface area (Å²) in [5.74, 6) is 0.620. The van der Waals surface area contributed by atoms with Gasteiger partial charge in [0.05, 0.1) is 5.52 Å². The lowest BCUT2D eigenvalue weighted by atomic mass is 9.87. The Bertz CT molecular complexity index is 1550. The fourth-order valence-corrected chi connectivity index (χ4v) is 5.57. The molecule has 2 heterocycles. The maximum Gasteiger partial charge on any atom is 0.190 e. The van der Waals surface area contributed by atoms with Crippen LogP contribution in [0.5, 0.6) is 0 Å². The van der Waals surface area contributed by atoms with Crippen molar-refractivity contribution in [2.75, 3.05) is 6.26 Å². The third-order valence-corrected chi connectivity index (χ3v) is 7.85. The van der Waals surface area contributed by atoms with Crippen LogP contribution in [-0.4, -0.2) is 26.0 Å². The Kier molecular flexibility index (Phi) is 6.53. The smallest absolute Gasteiger partial charge is 0.190 e. The highest BCUT2D eigenvalue weighted by Crippen LogP contribution is 2.44. The number of halogens is 3. The van der Waals surface area contributed by atoms with Crippen LogP contribution in [0.4, 0.5) is 0 Å². The van der Waals surface area contributed by atoms with E-state index in [4.69, 9.17) is 39.8 Å². The molecule has 5 rings (SSSR count). The van der Waals surface area contributed by atoms with E-state index in [0.29, 0.717) is 15.9 Å². The number of rotatable bonds is 5. The maximum absolute atomic E-state index is 7.58. The largest absolute Gasteiger partial charge is 0.307 e. The van der Waals surface area contributed by atoms with Gasteiger partial charge in [0.2, 0.25) is 0 Å². The standard InChI is InChI=1S/C27H21Cl3N4S/c1-16-13-22(17-5-4-6-21(29)14-17)23-15-19(9-12-24(23)31-16)27(30,18-7-10-20(28)11-8-18)25-32-33-26(35-3)34(25)2/h4-15H,1-3H3. The van der Waals surface area contributed by atoms with Gasteiger partial charge in [0, 0.05) is 28.2 Å². The normalized spacial score (nSPS) is 13.2. The summed E-state index contributed by atoms with van der Waals surface area (Å²) in [7, 11) is 1.93. The van der Waals surface area contributed by atoms with E-state index < -0.39 is 4.87 Å². The van der Waals surface area contributed by atoms with Crippen molar-refractivity contribution in [3.8, 4) is 11.1 Å². The van der Waals surface area contributed by atoms with Gasteiger partial charge in [0.1, 0.15) is 0 Å². The van der Waals surface area contributed by atoms with Crippen LogP contribution >= 0.6 is 46.6 Å². The Hall–Kier alpha value is -2.57. The van der Waals surface area contributed by atoms with Crippen LogP contribution in [-0.2, 0) is 11.9 Å². The molecule has 0 fully saturated rings. The van der Waals surface area contributed by atoms with Gasteiger partial charge in [-0.25, -0.2) is 0 Å². The minimum absolute atomic E-state index is 0.620. The Labute approximate surface area is 223 Å². The average Bonchev–Trinajstić information content (AvgIpc) is 3.24. The number of aryl methyl sites for hydroxylation is 1. The van der Waals surface area contributed by atoms with Gasteiger partial charge in [-0.05, 0) is 77.9 Å². The molecule has 1 unspecified atom stereocenters. The minimum atomic E-state index is -1.11. The van der Waals surface area contributed by atoms with Crippen molar-refractivity contribution in [3.05, 3.63) is 105 Å². The molecule has 0 saturated carbocycles. The molecule has 1 atom stereocenters. The Balaban J connectivity index is 1.80. The lowest BCUT2D eigenvalue weighted by molar-refractivity contribution is 0.684. The summed E-state index contributed by atoms with van der Waals surface area (Å²) in [5, 5.41) is 11.9. The number of fused-ring (bicyclic) bond motifs is 1. The summed E-state index contributed by atoms with van der Waals surface area (Å²) in [6, 6.07) is 23.5. The van der Waals surface area contributed by atoms with Gasteiger partial charge in [0.15, 0.2) is 15.9 Å². The van der Waals surface area contributed by atoms with Crippen molar-refractivity contribution in [2.24, 2.45) is 7.05 Å². The first kappa shape index (κ1) is 24.1.